The summed E-state index contributed by atoms with van der Waals surface area (Å²) in [5.41, 5.74) is 1.31. The van der Waals surface area contributed by atoms with Crippen LogP contribution in [0.5, 0.6) is 5.75 Å². The molecule has 0 amide bonds. The Hall–Kier alpha value is -1.06. The molecule has 1 N–H and O–H groups in total. The van der Waals surface area contributed by atoms with Gasteiger partial charge in [-0.3, -0.25) is 4.90 Å². The summed E-state index contributed by atoms with van der Waals surface area (Å²) in [5, 5.41) is 9.32. The molecule has 110 valence electrons. The van der Waals surface area contributed by atoms with Crippen LogP contribution in [-0.4, -0.2) is 41.3 Å². The van der Waals surface area contributed by atoms with Crippen LogP contribution in [0.1, 0.15) is 38.2 Å². The number of rotatable bonds is 4. The van der Waals surface area contributed by atoms with E-state index >= 15 is 0 Å². The van der Waals surface area contributed by atoms with Crippen LogP contribution in [0.25, 0.3) is 0 Å². The molecule has 3 unspecified atom stereocenters. The third kappa shape index (κ3) is 2.99. The van der Waals surface area contributed by atoms with Crippen molar-refractivity contribution in [3.05, 3.63) is 29.8 Å². The zero-order valence-electron chi connectivity index (χ0n) is 12.3. The van der Waals surface area contributed by atoms with Gasteiger partial charge >= 0.3 is 0 Å². The van der Waals surface area contributed by atoms with Crippen LogP contribution < -0.4 is 0 Å². The highest BCUT2D eigenvalue weighted by molar-refractivity contribution is 5.25. The zero-order valence-corrected chi connectivity index (χ0v) is 12.3. The van der Waals surface area contributed by atoms with E-state index in [0.29, 0.717) is 23.9 Å². The van der Waals surface area contributed by atoms with E-state index in [0.717, 1.165) is 19.6 Å². The molecule has 1 saturated heterocycles. The molecule has 20 heavy (non-hydrogen) atoms. The van der Waals surface area contributed by atoms with Crippen LogP contribution in [0, 0.1) is 0 Å². The zero-order chi connectivity index (χ0) is 13.9. The Kier molecular flexibility index (Phi) is 4.27. The number of phenolic OH excluding ortho intramolecular Hbond substituents is 1. The molecule has 0 radical (unpaired) electrons. The monoisotopic (exact) mass is 275 g/mol. The van der Waals surface area contributed by atoms with Crippen LogP contribution in [0.4, 0.5) is 0 Å². The Morgan fingerprint density at radius 2 is 2.10 bits per heavy atom. The normalized spacial score (nSPS) is 28.2. The van der Waals surface area contributed by atoms with Crippen LogP contribution in [0.2, 0.25) is 0 Å². The largest absolute Gasteiger partial charge is 0.508 e. The van der Waals surface area contributed by atoms with Crippen molar-refractivity contribution in [2.75, 3.05) is 13.2 Å². The SMILES string of the molecule is CC(CCc1ccc(O)cc1)N1CCOC2CCCC21. The Bertz CT molecular complexity index is 431. The Balaban J connectivity index is 1.55. The molecule has 3 atom stereocenters. The minimum absolute atomic E-state index is 0.351. The lowest BCUT2D eigenvalue weighted by Gasteiger charge is -2.41. The Morgan fingerprint density at radius 3 is 2.90 bits per heavy atom. The molecule has 0 bridgehead atoms. The summed E-state index contributed by atoms with van der Waals surface area (Å²) in [5.74, 6) is 0.351. The maximum Gasteiger partial charge on any atom is 0.115 e. The number of ether oxygens (including phenoxy) is 1. The van der Waals surface area contributed by atoms with Gasteiger partial charge in [-0.15, -0.1) is 0 Å². The fraction of sp³-hybridized carbons (Fsp3) is 0.647. The molecule has 3 heteroatoms. The number of nitrogens with zero attached hydrogens (tertiary/aromatic N) is 1. The van der Waals surface area contributed by atoms with Crippen molar-refractivity contribution in [2.24, 2.45) is 0 Å². The molecule has 1 aliphatic heterocycles. The smallest absolute Gasteiger partial charge is 0.115 e. The first kappa shape index (κ1) is 13.9. The topological polar surface area (TPSA) is 32.7 Å². The van der Waals surface area contributed by atoms with E-state index in [9.17, 15) is 5.11 Å². The van der Waals surface area contributed by atoms with Crippen molar-refractivity contribution in [3.63, 3.8) is 0 Å². The fourth-order valence-electron chi connectivity index (χ4n) is 3.71. The quantitative estimate of drug-likeness (QED) is 0.917. The van der Waals surface area contributed by atoms with Crippen molar-refractivity contribution in [2.45, 2.75) is 57.2 Å². The van der Waals surface area contributed by atoms with Crippen molar-refractivity contribution < 1.29 is 9.84 Å². The Morgan fingerprint density at radius 1 is 1.30 bits per heavy atom. The van der Waals surface area contributed by atoms with Crippen molar-refractivity contribution in [1.29, 1.82) is 0 Å². The van der Waals surface area contributed by atoms with Crippen LogP contribution in [0.3, 0.4) is 0 Å². The van der Waals surface area contributed by atoms with Gasteiger partial charge in [0, 0.05) is 18.6 Å². The fourth-order valence-corrected chi connectivity index (χ4v) is 3.71. The molecule has 0 spiro atoms. The molecule has 1 heterocycles. The maximum atomic E-state index is 9.32. The van der Waals surface area contributed by atoms with Gasteiger partial charge in [0.05, 0.1) is 12.7 Å². The minimum atomic E-state index is 0.351. The van der Waals surface area contributed by atoms with Gasteiger partial charge in [-0.05, 0) is 56.7 Å². The van der Waals surface area contributed by atoms with Gasteiger partial charge in [-0.2, -0.15) is 0 Å². The molecular weight excluding hydrogens is 250 g/mol. The summed E-state index contributed by atoms with van der Waals surface area (Å²) in [6, 6.07) is 8.88. The molecule has 2 aliphatic rings. The molecule has 0 aromatic heterocycles. The van der Waals surface area contributed by atoms with E-state index in [1.807, 2.05) is 12.1 Å². The number of morpholine rings is 1. The summed E-state index contributed by atoms with van der Waals surface area (Å²) in [6.45, 7) is 4.32. The van der Waals surface area contributed by atoms with Crippen molar-refractivity contribution in [1.82, 2.24) is 4.90 Å². The highest BCUT2D eigenvalue weighted by atomic mass is 16.5. The summed E-state index contributed by atoms with van der Waals surface area (Å²) >= 11 is 0. The molecule has 3 nitrogen and oxygen atoms in total. The predicted molar refractivity (Wildman–Crippen MR) is 80.0 cm³/mol. The van der Waals surface area contributed by atoms with Gasteiger partial charge in [-0.1, -0.05) is 12.1 Å². The number of fused-ring (bicyclic) bond motifs is 1. The highest BCUT2D eigenvalue weighted by Gasteiger charge is 2.37. The molecule has 1 aromatic rings. The number of hydrogen-bond donors (Lipinski definition) is 1. The average Bonchev–Trinajstić information content (AvgIpc) is 2.94. The summed E-state index contributed by atoms with van der Waals surface area (Å²) < 4.78 is 5.89. The summed E-state index contributed by atoms with van der Waals surface area (Å²) in [6.07, 6.45) is 6.60. The lowest BCUT2D eigenvalue weighted by Crippen LogP contribution is -2.52. The second-order valence-corrected chi connectivity index (χ2v) is 6.20. The lowest BCUT2D eigenvalue weighted by molar-refractivity contribution is -0.0700. The second kappa shape index (κ2) is 6.15. The number of aromatic hydroxyl groups is 1. The van der Waals surface area contributed by atoms with E-state index in [-0.39, 0.29) is 0 Å². The number of benzene rings is 1. The molecule has 3 rings (SSSR count). The van der Waals surface area contributed by atoms with Crippen LogP contribution >= 0.6 is 0 Å². The molecule has 2 fully saturated rings. The second-order valence-electron chi connectivity index (χ2n) is 6.20. The van der Waals surface area contributed by atoms with Gasteiger partial charge in [0.1, 0.15) is 5.75 Å². The van der Waals surface area contributed by atoms with Gasteiger partial charge < -0.3 is 9.84 Å². The minimum Gasteiger partial charge on any atom is -0.508 e. The van der Waals surface area contributed by atoms with Crippen molar-refractivity contribution in [3.8, 4) is 5.75 Å². The number of hydrogen-bond acceptors (Lipinski definition) is 3. The third-order valence-electron chi connectivity index (χ3n) is 4.88. The van der Waals surface area contributed by atoms with Gasteiger partial charge in [0.25, 0.3) is 0 Å². The predicted octanol–water partition coefficient (Wildman–Crippen LogP) is 2.97. The van der Waals surface area contributed by atoms with Gasteiger partial charge in [-0.25, -0.2) is 0 Å². The summed E-state index contributed by atoms with van der Waals surface area (Å²) in [4.78, 5) is 2.67. The molecule has 1 aromatic carbocycles. The standard InChI is InChI=1S/C17H25NO2/c1-13(5-6-14-7-9-15(19)10-8-14)18-11-12-20-17-4-2-3-16(17)18/h7-10,13,16-17,19H,2-6,11-12H2,1H3. The van der Waals surface area contributed by atoms with Crippen molar-refractivity contribution >= 4 is 0 Å². The van der Waals surface area contributed by atoms with E-state index in [1.54, 1.807) is 12.1 Å². The van der Waals surface area contributed by atoms with Gasteiger partial charge in [0.15, 0.2) is 0 Å². The van der Waals surface area contributed by atoms with Crippen LogP contribution in [0.15, 0.2) is 24.3 Å². The van der Waals surface area contributed by atoms with E-state index in [1.165, 1.54) is 31.2 Å². The Labute approximate surface area is 121 Å². The van der Waals surface area contributed by atoms with Crippen LogP contribution in [-0.2, 0) is 11.2 Å². The summed E-state index contributed by atoms with van der Waals surface area (Å²) in [7, 11) is 0. The molecule has 1 saturated carbocycles. The molecular formula is C17H25NO2. The maximum absolute atomic E-state index is 9.32. The van der Waals surface area contributed by atoms with E-state index in [4.69, 9.17) is 4.74 Å². The van der Waals surface area contributed by atoms with Gasteiger partial charge in [0.2, 0.25) is 0 Å². The first-order chi connectivity index (χ1) is 9.74. The first-order valence-electron chi connectivity index (χ1n) is 7.89. The average molecular weight is 275 g/mol. The highest BCUT2D eigenvalue weighted by Crippen LogP contribution is 2.31. The van der Waals surface area contributed by atoms with E-state index in [2.05, 4.69) is 11.8 Å². The number of phenols is 1. The van der Waals surface area contributed by atoms with E-state index < -0.39 is 0 Å². The first-order valence-corrected chi connectivity index (χ1v) is 7.89. The lowest BCUT2D eigenvalue weighted by atomic mass is 10.0. The molecule has 1 aliphatic carbocycles. The number of aryl methyl sites for hydroxylation is 1. The third-order valence-corrected chi connectivity index (χ3v) is 4.88.